The molecule has 0 fully saturated rings. The van der Waals surface area contributed by atoms with Gasteiger partial charge in [-0.2, -0.15) is 0 Å². The normalized spacial score (nSPS) is 12.4. The summed E-state index contributed by atoms with van der Waals surface area (Å²) >= 11 is 0. The molecule has 8 aromatic rings. The van der Waals surface area contributed by atoms with E-state index in [0.717, 1.165) is 77.0 Å². The molecule has 0 saturated heterocycles. The van der Waals surface area contributed by atoms with Crippen LogP contribution in [0.3, 0.4) is 0 Å². The molecule has 2 heterocycles. The predicted molar refractivity (Wildman–Crippen MR) is 166 cm³/mol. The fourth-order valence-electron chi connectivity index (χ4n) is 6.64. The first-order valence-corrected chi connectivity index (χ1v) is 13.7. The van der Waals surface area contributed by atoms with E-state index in [9.17, 15) is 4.79 Å². The molecule has 9 rings (SSSR count). The molecule has 1 aliphatic rings. The average Bonchev–Trinajstić information content (AvgIpc) is 3.54. The van der Waals surface area contributed by atoms with Gasteiger partial charge in [0, 0.05) is 43.8 Å². The van der Waals surface area contributed by atoms with E-state index in [1.165, 1.54) is 0 Å². The second-order valence-corrected chi connectivity index (χ2v) is 10.5. The van der Waals surface area contributed by atoms with Crippen LogP contribution in [0.1, 0.15) is 15.9 Å². The Bertz CT molecular complexity index is 2380. The summed E-state index contributed by atoms with van der Waals surface area (Å²) in [7, 11) is 0. The van der Waals surface area contributed by atoms with Crippen molar-refractivity contribution in [3.63, 3.8) is 0 Å². The zero-order valence-corrected chi connectivity index (χ0v) is 21.9. The number of fused-ring (bicyclic) bond motifs is 11. The summed E-state index contributed by atoms with van der Waals surface area (Å²) in [6.07, 6.45) is 0. The van der Waals surface area contributed by atoms with Crippen molar-refractivity contribution in [2.45, 2.75) is 0 Å². The van der Waals surface area contributed by atoms with Crippen molar-refractivity contribution in [1.29, 1.82) is 0 Å². The van der Waals surface area contributed by atoms with E-state index < -0.39 is 0 Å². The number of rotatable bonds is 2. The van der Waals surface area contributed by atoms with Gasteiger partial charge in [0.15, 0.2) is 5.78 Å². The van der Waals surface area contributed by atoms with E-state index in [4.69, 9.17) is 9.97 Å². The van der Waals surface area contributed by atoms with E-state index in [0.29, 0.717) is 5.95 Å². The maximum absolute atomic E-state index is 14.1. The predicted octanol–water partition coefficient (Wildman–Crippen LogP) is 8.76. The van der Waals surface area contributed by atoms with Crippen molar-refractivity contribution in [2.75, 3.05) is 0 Å². The Kier molecular flexibility index (Phi) is 4.44. The van der Waals surface area contributed by atoms with Gasteiger partial charge in [0.1, 0.15) is 0 Å². The molecule has 2 aromatic heterocycles. The summed E-state index contributed by atoms with van der Waals surface area (Å²) < 4.78 is 2.16. The standard InChI is InChI=1S/C37H21N3O/c41-36-26-17-7-5-15-24(26)31-23-14-4-6-16-25(23)35-32(33(31)36)28-19-9-11-21-30(28)40(35)37-38-29-20-10-8-18-27(29)34(39-37)22-12-2-1-3-13-22/h1-21H. The Labute approximate surface area is 235 Å². The van der Waals surface area contributed by atoms with Gasteiger partial charge in [-0.05, 0) is 23.1 Å². The van der Waals surface area contributed by atoms with Gasteiger partial charge in [-0.1, -0.05) is 115 Å². The molecule has 0 bridgehead atoms. The first-order chi connectivity index (χ1) is 20.3. The Morgan fingerprint density at radius 2 is 1.15 bits per heavy atom. The van der Waals surface area contributed by atoms with E-state index in [-0.39, 0.29) is 5.78 Å². The number of carbonyl (C=O) groups is 1. The highest BCUT2D eigenvalue weighted by atomic mass is 16.1. The van der Waals surface area contributed by atoms with Gasteiger partial charge in [-0.25, -0.2) is 9.97 Å². The number of ketones is 1. The van der Waals surface area contributed by atoms with Crippen LogP contribution in [0.4, 0.5) is 0 Å². The fraction of sp³-hybridized carbons (Fsp3) is 0. The molecule has 0 amide bonds. The highest BCUT2D eigenvalue weighted by molar-refractivity contribution is 6.37. The number of hydrogen-bond donors (Lipinski definition) is 0. The zero-order valence-electron chi connectivity index (χ0n) is 21.9. The number of carbonyl (C=O) groups excluding carboxylic acids is 1. The van der Waals surface area contributed by atoms with Gasteiger partial charge in [0.2, 0.25) is 5.95 Å². The van der Waals surface area contributed by atoms with Gasteiger partial charge >= 0.3 is 0 Å². The molecule has 0 radical (unpaired) electrons. The molecule has 0 spiro atoms. The smallest absolute Gasteiger partial charge is 0.235 e. The summed E-state index contributed by atoms with van der Waals surface area (Å²) in [5.74, 6) is 0.653. The van der Waals surface area contributed by atoms with E-state index >= 15 is 0 Å². The van der Waals surface area contributed by atoms with Crippen LogP contribution >= 0.6 is 0 Å². The van der Waals surface area contributed by atoms with Crippen LogP contribution in [0.25, 0.3) is 71.8 Å². The highest BCUT2D eigenvalue weighted by Gasteiger charge is 2.33. The lowest BCUT2D eigenvalue weighted by Crippen LogP contribution is -2.04. The molecule has 0 aliphatic heterocycles. The number of para-hydroxylation sites is 2. The largest absolute Gasteiger partial charge is 0.289 e. The minimum absolute atomic E-state index is 0.0682. The lowest BCUT2D eigenvalue weighted by Gasteiger charge is -2.14. The quantitative estimate of drug-likeness (QED) is 0.228. The molecule has 6 aromatic carbocycles. The molecular weight excluding hydrogens is 502 g/mol. The minimum Gasteiger partial charge on any atom is -0.289 e. The summed E-state index contributed by atoms with van der Waals surface area (Å²) in [5, 5.41) is 5.10. The van der Waals surface area contributed by atoms with Gasteiger partial charge in [0.05, 0.1) is 22.2 Å². The SMILES string of the molecule is O=C1c2ccccc2-c2c1c1c3ccccc3n(-c3nc(-c4ccccc4)c4ccccc4n3)c1c1ccccc21. The van der Waals surface area contributed by atoms with Crippen molar-refractivity contribution >= 4 is 49.3 Å². The van der Waals surface area contributed by atoms with Crippen molar-refractivity contribution in [3.05, 3.63) is 139 Å². The van der Waals surface area contributed by atoms with Crippen LogP contribution in [0.5, 0.6) is 0 Å². The average molecular weight is 524 g/mol. The van der Waals surface area contributed by atoms with Crippen LogP contribution < -0.4 is 0 Å². The zero-order chi connectivity index (χ0) is 27.1. The van der Waals surface area contributed by atoms with Crippen molar-refractivity contribution in [3.8, 4) is 28.3 Å². The molecular formula is C37H21N3O. The second kappa shape index (κ2) is 8.20. The third-order valence-electron chi connectivity index (χ3n) is 8.33. The highest BCUT2D eigenvalue weighted by Crippen LogP contribution is 2.49. The lowest BCUT2D eigenvalue weighted by atomic mass is 9.93. The van der Waals surface area contributed by atoms with Crippen molar-refractivity contribution < 1.29 is 4.79 Å². The Hall–Kier alpha value is -5.61. The molecule has 0 unspecified atom stereocenters. The van der Waals surface area contributed by atoms with Crippen LogP contribution in [-0.2, 0) is 0 Å². The second-order valence-electron chi connectivity index (χ2n) is 10.5. The molecule has 0 saturated carbocycles. The van der Waals surface area contributed by atoms with Crippen molar-refractivity contribution in [1.82, 2.24) is 14.5 Å². The van der Waals surface area contributed by atoms with Gasteiger partial charge < -0.3 is 0 Å². The van der Waals surface area contributed by atoms with Crippen molar-refractivity contribution in [2.24, 2.45) is 0 Å². The Balaban J connectivity index is 1.50. The third-order valence-corrected chi connectivity index (χ3v) is 8.33. The maximum Gasteiger partial charge on any atom is 0.235 e. The van der Waals surface area contributed by atoms with E-state index in [1.54, 1.807) is 0 Å². The first kappa shape index (κ1) is 22.2. The van der Waals surface area contributed by atoms with E-state index in [1.807, 2.05) is 72.8 Å². The lowest BCUT2D eigenvalue weighted by molar-refractivity contribution is 0.104. The van der Waals surface area contributed by atoms with Crippen LogP contribution in [0.15, 0.2) is 127 Å². The van der Waals surface area contributed by atoms with Gasteiger partial charge in [-0.3, -0.25) is 9.36 Å². The first-order valence-electron chi connectivity index (χ1n) is 13.7. The molecule has 4 heteroatoms. The summed E-state index contributed by atoms with van der Waals surface area (Å²) in [6.45, 7) is 0. The third kappa shape index (κ3) is 2.96. The van der Waals surface area contributed by atoms with Crippen LogP contribution in [0, 0.1) is 0 Å². The summed E-state index contributed by atoms with van der Waals surface area (Å²) in [6, 6.07) is 43.0. The summed E-state index contributed by atoms with van der Waals surface area (Å²) in [5.41, 5.74) is 8.24. The minimum atomic E-state index is 0.0682. The van der Waals surface area contributed by atoms with Crippen LogP contribution in [0.2, 0.25) is 0 Å². The maximum atomic E-state index is 14.1. The molecule has 41 heavy (non-hydrogen) atoms. The molecule has 0 N–H and O–H groups in total. The number of hydrogen-bond acceptors (Lipinski definition) is 3. The number of benzene rings is 6. The topological polar surface area (TPSA) is 47.8 Å². The summed E-state index contributed by atoms with van der Waals surface area (Å²) in [4.78, 5) is 24.5. The molecule has 0 atom stereocenters. The van der Waals surface area contributed by atoms with Gasteiger partial charge in [0.25, 0.3) is 0 Å². The fourth-order valence-corrected chi connectivity index (χ4v) is 6.64. The van der Waals surface area contributed by atoms with Gasteiger partial charge in [-0.15, -0.1) is 0 Å². The Morgan fingerprint density at radius 3 is 1.98 bits per heavy atom. The molecule has 1 aliphatic carbocycles. The monoisotopic (exact) mass is 523 g/mol. The van der Waals surface area contributed by atoms with E-state index in [2.05, 4.69) is 59.2 Å². The molecule has 190 valence electrons. The number of aromatic nitrogens is 3. The van der Waals surface area contributed by atoms with Crippen LogP contribution in [-0.4, -0.2) is 20.3 Å². The Morgan fingerprint density at radius 1 is 0.512 bits per heavy atom. The number of nitrogens with zero attached hydrogens (tertiary/aromatic N) is 3. The molecule has 4 nitrogen and oxygen atoms in total.